The van der Waals surface area contributed by atoms with Crippen molar-refractivity contribution in [2.45, 2.75) is 30.6 Å². The predicted molar refractivity (Wildman–Crippen MR) is 53.7 cm³/mol. The molecule has 0 aliphatic carbocycles. The molecule has 1 fully saturated rings. The van der Waals surface area contributed by atoms with Crippen molar-refractivity contribution in [2.24, 2.45) is 5.73 Å². The molecule has 0 unspecified atom stereocenters. The highest BCUT2D eigenvalue weighted by Crippen LogP contribution is 2.19. The second-order valence-electron chi connectivity index (χ2n) is 3.26. The zero-order valence-corrected chi connectivity index (χ0v) is 8.59. The molecule has 88 valence electrons. The van der Waals surface area contributed by atoms with Crippen LogP contribution in [0.25, 0.3) is 0 Å². The van der Waals surface area contributed by atoms with Gasteiger partial charge in [0.05, 0.1) is 6.61 Å². The lowest BCUT2D eigenvalue weighted by Gasteiger charge is -2.40. The maximum absolute atomic E-state index is 9.48. The fraction of sp³-hybridized carbons (Fsp3) is 0.857. The lowest BCUT2D eigenvalue weighted by Crippen LogP contribution is -2.63. The number of hydrogen-bond donors (Lipinski definition) is 6. The highest BCUT2D eigenvalue weighted by Gasteiger charge is 2.43. The molecule has 8 heteroatoms. The van der Waals surface area contributed by atoms with Crippen molar-refractivity contribution in [3.63, 3.8) is 0 Å². The van der Waals surface area contributed by atoms with E-state index in [0.717, 1.165) is 0 Å². The molecule has 1 aliphatic heterocycles. The molecule has 15 heavy (non-hydrogen) atoms. The van der Waals surface area contributed by atoms with Crippen LogP contribution in [0.4, 0.5) is 0 Å². The lowest BCUT2D eigenvalue weighted by atomic mass is 9.98. The van der Waals surface area contributed by atoms with Crippen molar-refractivity contribution in [3.8, 4) is 0 Å². The molecule has 0 radical (unpaired) electrons. The van der Waals surface area contributed by atoms with E-state index < -0.39 is 37.3 Å². The Balaban J connectivity index is 2.69. The summed E-state index contributed by atoms with van der Waals surface area (Å²) >= 11 is 4.54. The van der Waals surface area contributed by atoms with E-state index in [1.54, 1.807) is 0 Å². The minimum absolute atomic E-state index is 0.112. The summed E-state index contributed by atoms with van der Waals surface area (Å²) in [5.74, 6) is 0. The fourth-order valence-electron chi connectivity index (χ4n) is 1.36. The normalized spacial score (nSPS) is 41.2. The third-order valence-electron chi connectivity index (χ3n) is 2.18. The van der Waals surface area contributed by atoms with E-state index in [9.17, 15) is 15.3 Å². The van der Waals surface area contributed by atoms with Gasteiger partial charge >= 0.3 is 0 Å². The summed E-state index contributed by atoms with van der Waals surface area (Å²) in [5, 5.41) is 39.4. The molecule has 5 atom stereocenters. The van der Waals surface area contributed by atoms with Crippen LogP contribution in [0.3, 0.4) is 0 Å². The quantitative estimate of drug-likeness (QED) is 0.275. The Labute approximate surface area is 91.5 Å². The Morgan fingerprint density at radius 2 is 1.87 bits per heavy atom. The van der Waals surface area contributed by atoms with E-state index in [2.05, 4.69) is 17.5 Å². The smallest absolute Gasteiger partial charge is 0.165 e. The molecule has 0 aromatic rings. The molecule has 0 bridgehead atoms. The van der Waals surface area contributed by atoms with Crippen LogP contribution in [0.5, 0.6) is 0 Å². The summed E-state index contributed by atoms with van der Waals surface area (Å²) in [6.07, 6.45) is -6.19. The van der Waals surface area contributed by atoms with E-state index >= 15 is 0 Å². The number of ether oxygens (including phenoxy) is 1. The lowest BCUT2D eigenvalue weighted by molar-refractivity contribution is -0.232. The fourth-order valence-corrected chi connectivity index (χ4v) is 1.48. The van der Waals surface area contributed by atoms with Gasteiger partial charge in [-0.3, -0.25) is 0 Å². The molecular formula is C7H14N2O5S. The van der Waals surface area contributed by atoms with Gasteiger partial charge in [0.2, 0.25) is 0 Å². The first-order valence-corrected chi connectivity index (χ1v) is 4.74. The van der Waals surface area contributed by atoms with Crippen molar-refractivity contribution in [1.82, 2.24) is 5.32 Å². The van der Waals surface area contributed by atoms with Crippen LogP contribution in [0.2, 0.25) is 0 Å². The zero-order valence-electron chi connectivity index (χ0n) is 7.78. The van der Waals surface area contributed by atoms with Crippen molar-refractivity contribution >= 4 is 17.3 Å². The van der Waals surface area contributed by atoms with Crippen LogP contribution in [0, 0.1) is 0 Å². The number of hydrogen-bond acceptors (Lipinski definition) is 6. The van der Waals surface area contributed by atoms with Crippen LogP contribution in [0.1, 0.15) is 0 Å². The van der Waals surface area contributed by atoms with E-state index in [1.807, 2.05) is 0 Å². The summed E-state index contributed by atoms with van der Waals surface area (Å²) in [6.45, 7) is -0.486. The second kappa shape index (κ2) is 5.01. The summed E-state index contributed by atoms with van der Waals surface area (Å²) in [5.41, 5.74) is 5.18. The molecular weight excluding hydrogens is 224 g/mol. The Morgan fingerprint density at radius 1 is 1.27 bits per heavy atom. The van der Waals surface area contributed by atoms with E-state index in [4.69, 9.17) is 15.6 Å². The highest BCUT2D eigenvalue weighted by molar-refractivity contribution is 7.80. The maximum atomic E-state index is 9.48. The topological polar surface area (TPSA) is 128 Å². The van der Waals surface area contributed by atoms with Gasteiger partial charge in [0, 0.05) is 0 Å². The van der Waals surface area contributed by atoms with Crippen LogP contribution in [-0.2, 0) is 4.74 Å². The van der Waals surface area contributed by atoms with Gasteiger partial charge < -0.3 is 36.2 Å². The summed E-state index contributed by atoms with van der Waals surface area (Å²) < 4.78 is 5.05. The molecule has 1 rings (SSSR count). The number of thiocarbonyl (C=S) groups is 1. The van der Waals surface area contributed by atoms with E-state index in [0.29, 0.717) is 0 Å². The summed E-state index contributed by atoms with van der Waals surface area (Å²) in [6, 6.07) is 0. The molecule has 1 aliphatic rings. The van der Waals surface area contributed by atoms with Gasteiger partial charge in [-0.25, -0.2) is 0 Å². The van der Waals surface area contributed by atoms with E-state index in [-0.39, 0.29) is 5.11 Å². The van der Waals surface area contributed by atoms with Crippen LogP contribution in [0.15, 0.2) is 0 Å². The summed E-state index contributed by atoms with van der Waals surface area (Å²) in [4.78, 5) is 0. The molecule has 7 nitrogen and oxygen atoms in total. The van der Waals surface area contributed by atoms with Crippen molar-refractivity contribution in [2.75, 3.05) is 6.61 Å². The number of nitrogens with two attached hydrogens (primary N) is 1. The molecule has 0 saturated carbocycles. The second-order valence-corrected chi connectivity index (χ2v) is 3.70. The largest absolute Gasteiger partial charge is 0.394 e. The van der Waals surface area contributed by atoms with Gasteiger partial charge in [-0.05, 0) is 12.2 Å². The SMILES string of the molecule is NC(=S)N[C@H]1O[C@H](CO)[C@@H](O)[C@H](O)[C@@H]1O. The Morgan fingerprint density at radius 3 is 2.33 bits per heavy atom. The molecule has 1 saturated heterocycles. The standard InChI is InChI=1S/C7H14N2O5S/c8-7(15)9-6-5(13)4(12)3(11)2(1-10)14-6/h2-6,10-13H,1H2,(H3,8,9,15)/t2-,3-,4+,5+,6+/m1/s1. The summed E-state index contributed by atoms with van der Waals surface area (Å²) in [7, 11) is 0. The van der Waals surface area contributed by atoms with Gasteiger partial charge in [0.15, 0.2) is 11.3 Å². The Bertz CT molecular complexity index is 239. The number of nitrogens with one attached hydrogen (secondary N) is 1. The third-order valence-corrected chi connectivity index (χ3v) is 2.29. The molecule has 0 aromatic carbocycles. The molecule has 0 spiro atoms. The van der Waals surface area contributed by atoms with Gasteiger partial charge in [-0.1, -0.05) is 0 Å². The average Bonchev–Trinajstić information content (AvgIpc) is 2.18. The number of aliphatic hydroxyl groups excluding tert-OH is 4. The number of rotatable bonds is 2. The minimum atomic E-state index is -1.43. The molecule has 1 heterocycles. The van der Waals surface area contributed by atoms with Crippen molar-refractivity contribution in [3.05, 3.63) is 0 Å². The molecule has 7 N–H and O–H groups in total. The van der Waals surface area contributed by atoms with Gasteiger partial charge in [-0.2, -0.15) is 0 Å². The van der Waals surface area contributed by atoms with Crippen LogP contribution in [-0.4, -0.2) is 62.8 Å². The first-order chi connectivity index (χ1) is 6.97. The highest BCUT2D eigenvalue weighted by atomic mass is 32.1. The predicted octanol–water partition coefficient (Wildman–Crippen LogP) is -3.38. The van der Waals surface area contributed by atoms with Crippen LogP contribution >= 0.6 is 12.2 Å². The van der Waals surface area contributed by atoms with Crippen molar-refractivity contribution in [1.29, 1.82) is 0 Å². The zero-order chi connectivity index (χ0) is 11.6. The monoisotopic (exact) mass is 238 g/mol. The Hall–Kier alpha value is -0.510. The first kappa shape index (κ1) is 12.6. The van der Waals surface area contributed by atoms with E-state index in [1.165, 1.54) is 0 Å². The van der Waals surface area contributed by atoms with Gasteiger partial charge in [-0.15, -0.1) is 0 Å². The average molecular weight is 238 g/mol. The Kier molecular flexibility index (Phi) is 4.20. The first-order valence-electron chi connectivity index (χ1n) is 4.34. The maximum Gasteiger partial charge on any atom is 0.165 e. The van der Waals surface area contributed by atoms with Gasteiger partial charge in [0.1, 0.15) is 24.4 Å². The third kappa shape index (κ3) is 2.74. The van der Waals surface area contributed by atoms with Crippen molar-refractivity contribution < 1.29 is 25.2 Å². The molecule has 0 amide bonds. The van der Waals surface area contributed by atoms with Crippen LogP contribution < -0.4 is 11.1 Å². The number of aliphatic hydroxyl groups is 4. The molecule has 0 aromatic heterocycles. The minimum Gasteiger partial charge on any atom is -0.394 e. The van der Waals surface area contributed by atoms with Gasteiger partial charge in [0.25, 0.3) is 0 Å².